The van der Waals surface area contributed by atoms with Gasteiger partial charge in [-0.25, -0.2) is 0 Å². The van der Waals surface area contributed by atoms with Crippen molar-refractivity contribution in [2.45, 2.75) is 19.3 Å². The molecule has 120 valence electrons. The molecule has 0 aromatic heterocycles. The van der Waals surface area contributed by atoms with Gasteiger partial charge in [-0.15, -0.1) is 0 Å². The van der Waals surface area contributed by atoms with Crippen molar-refractivity contribution in [3.63, 3.8) is 0 Å². The molecule has 22 heavy (non-hydrogen) atoms. The molecule has 0 spiro atoms. The Bertz CT molecular complexity index is 551. The molecule has 0 unspecified atom stereocenters. The van der Waals surface area contributed by atoms with Gasteiger partial charge in [0.1, 0.15) is 11.5 Å². The van der Waals surface area contributed by atoms with Gasteiger partial charge >= 0.3 is 0 Å². The lowest BCUT2D eigenvalue weighted by atomic mass is 9.94. The molecule has 0 saturated carbocycles. The normalized spacial score (nSPS) is 18.6. The second kappa shape index (κ2) is 6.92. The van der Waals surface area contributed by atoms with E-state index in [0.717, 1.165) is 54.7 Å². The number of piperidine rings is 1. The third-order valence-electron chi connectivity index (χ3n) is 4.54. The highest BCUT2D eigenvalue weighted by Gasteiger charge is 2.19. The molecule has 1 aromatic rings. The molecule has 1 fully saturated rings. The minimum Gasteiger partial charge on any atom is -0.508 e. The van der Waals surface area contributed by atoms with E-state index >= 15 is 0 Å². The van der Waals surface area contributed by atoms with Gasteiger partial charge in [-0.05, 0) is 56.5 Å². The summed E-state index contributed by atoms with van der Waals surface area (Å²) in [4.78, 5) is 0. The van der Waals surface area contributed by atoms with Gasteiger partial charge in [0.2, 0.25) is 0 Å². The van der Waals surface area contributed by atoms with E-state index < -0.39 is 0 Å². The first-order valence-corrected chi connectivity index (χ1v) is 8.07. The fourth-order valence-corrected chi connectivity index (χ4v) is 3.20. The van der Waals surface area contributed by atoms with Crippen molar-refractivity contribution < 1.29 is 9.84 Å². The van der Waals surface area contributed by atoms with Crippen LogP contribution in [0.25, 0.3) is 5.70 Å². The number of hydrogen-bond donors (Lipinski definition) is 4. The van der Waals surface area contributed by atoms with Crippen molar-refractivity contribution >= 4 is 11.4 Å². The predicted octanol–water partition coefficient (Wildman–Crippen LogP) is 2.33. The summed E-state index contributed by atoms with van der Waals surface area (Å²) in [7, 11) is 1.66. The van der Waals surface area contributed by atoms with Gasteiger partial charge in [0.15, 0.2) is 0 Å². The fourth-order valence-electron chi connectivity index (χ4n) is 3.20. The van der Waals surface area contributed by atoms with Crippen molar-refractivity contribution in [1.29, 1.82) is 0 Å². The smallest absolute Gasteiger partial charge is 0.135 e. The molecule has 2 aliphatic rings. The summed E-state index contributed by atoms with van der Waals surface area (Å²) < 4.78 is 5.30. The summed E-state index contributed by atoms with van der Waals surface area (Å²) in [6, 6.07) is 5.89. The number of anilines is 1. The van der Waals surface area contributed by atoms with E-state index in [1.54, 1.807) is 7.11 Å². The summed E-state index contributed by atoms with van der Waals surface area (Å²) in [5.74, 6) is 1.95. The molecule has 5 heteroatoms. The van der Waals surface area contributed by atoms with Crippen LogP contribution in [-0.4, -0.2) is 38.4 Å². The zero-order chi connectivity index (χ0) is 15.4. The van der Waals surface area contributed by atoms with Crippen molar-refractivity contribution in [2.75, 3.05) is 38.6 Å². The number of fused-ring (bicyclic) bond motifs is 1. The number of ether oxygens (including phenoxy) is 1. The van der Waals surface area contributed by atoms with Crippen molar-refractivity contribution in [3.05, 3.63) is 29.5 Å². The second-order valence-corrected chi connectivity index (χ2v) is 6.00. The highest BCUT2D eigenvalue weighted by atomic mass is 16.5. The SMILES string of the molecule is COc1ccc2c(c1)C(NCCC1CCNCC1)=C(O)CN2. The molecule has 3 rings (SSSR count). The largest absolute Gasteiger partial charge is 0.508 e. The van der Waals surface area contributed by atoms with Crippen molar-refractivity contribution in [1.82, 2.24) is 10.6 Å². The Hall–Kier alpha value is -1.88. The van der Waals surface area contributed by atoms with E-state index in [-0.39, 0.29) is 0 Å². The Morgan fingerprint density at radius 2 is 2.14 bits per heavy atom. The first kappa shape index (κ1) is 15.0. The zero-order valence-corrected chi connectivity index (χ0v) is 13.1. The summed E-state index contributed by atoms with van der Waals surface area (Å²) in [6.45, 7) is 3.61. The highest BCUT2D eigenvalue weighted by molar-refractivity contribution is 5.80. The number of aliphatic hydroxyl groups excluding tert-OH is 1. The lowest BCUT2D eigenvalue weighted by Crippen LogP contribution is -2.30. The molecule has 0 atom stereocenters. The molecule has 0 radical (unpaired) electrons. The van der Waals surface area contributed by atoms with Gasteiger partial charge in [0, 0.05) is 17.8 Å². The summed E-state index contributed by atoms with van der Waals surface area (Å²) >= 11 is 0. The Kier molecular flexibility index (Phi) is 4.73. The van der Waals surface area contributed by atoms with Crippen LogP contribution in [0.2, 0.25) is 0 Å². The number of nitrogens with one attached hydrogen (secondary N) is 3. The maximum atomic E-state index is 10.2. The molecule has 2 aliphatic heterocycles. The number of aliphatic hydroxyl groups is 1. The van der Waals surface area contributed by atoms with Crippen LogP contribution in [0.3, 0.4) is 0 Å². The van der Waals surface area contributed by atoms with Crippen LogP contribution in [0, 0.1) is 5.92 Å². The number of methoxy groups -OCH3 is 1. The number of hydrogen-bond acceptors (Lipinski definition) is 5. The molecule has 0 aliphatic carbocycles. The van der Waals surface area contributed by atoms with Gasteiger partial charge in [0.25, 0.3) is 0 Å². The van der Waals surface area contributed by atoms with Gasteiger partial charge in [-0.2, -0.15) is 0 Å². The van der Waals surface area contributed by atoms with Crippen LogP contribution in [0.5, 0.6) is 5.75 Å². The van der Waals surface area contributed by atoms with Crippen molar-refractivity contribution in [3.8, 4) is 5.75 Å². The first-order valence-electron chi connectivity index (χ1n) is 8.07. The lowest BCUT2D eigenvalue weighted by Gasteiger charge is -2.26. The second-order valence-electron chi connectivity index (χ2n) is 6.00. The van der Waals surface area contributed by atoms with Crippen LogP contribution in [0.4, 0.5) is 5.69 Å². The Morgan fingerprint density at radius 1 is 1.32 bits per heavy atom. The molecular weight excluding hydrogens is 278 g/mol. The van der Waals surface area contributed by atoms with E-state index in [0.29, 0.717) is 12.3 Å². The molecule has 0 amide bonds. The van der Waals surface area contributed by atoms with Gasteiger partial charge < -0.3 is 25.8 Å². The van der Waals surface area contributed by atoms with Crippen LogP contribution < -0.4 is 20.7 Å². The Morgan fingerprint density at radius 3 is 2.91 bits per heavy atom. The van der Waals surface area contributed by atoms with Crippen LogP contribution in [0.1, 0.15) is 24.8 Å². The van der Waals surface area contributed by atoms with E-state index in [2.05, 4.69) is 16.0 Å². The van der Waals surface area contributed by atoms with Gasteiger partial charge in [-0.3, -0.25) is 0 Å². The van der Waals surface area contributed by atoms with E-state index in [4.69, 9.17) is 4.74 Å². The zero-order valence-electron chi connectivity index (χ0n) is 13.1. The summed E-state index contributed by atoms with van der Waals surface area (Å²) in [5, 5.41) is 20.3. The maximum absolute atomic E-state index is 10.2. The molecule has 1 aromatic carbocycles. The van der Waals surface area contributed by atoms with Gasteiger partial charge in [-0.1, -0.05) is 0 Å². The van der Waals surface area contributed by atoms with E-state index in [1.165, 1.54) is 12.8 Å². The highest BCUT2D eigenvalue weighted by Crippen LogP contribution is 2.31. The average molecular weight is 303 g/mol. The van der Waals surface area contributed by atoms with Crippen molar-refractivity contribution in [2.24, 2.45) is 5.92 Å². The minimum atomic E-state index is 0.367. The number of benzene rings is 1. The van der Waals surface area contributed by atoms with Crippen LogP contribution >= 0.6 is 0 Å². The topological polar surface area (TPSA) is 65.5 Å². The van der Waals surface area contributed by atoms with E-state index in [9.17, 15) is 5.11 Å². The molecule has 1 saturated heterocycles. The van der Waals surface area contributed by atoms with Gasteiger partial charge in [0.05, 0.1) is 19.4 Å². The van der Waals surface area contributed by atoms with Crippen LogP contribution in [0.15, 0.2) is 24.0 Å². The summed E-state index contributed by atoms with van der Waals surface area (Å²) in [6.07, 6.45) is 3.64. The molecule has 4 N–H and O–H groups in total. The predicted molar refractivity (Wildman–Crippen MR) is 89.2 cm³/mol. The fraction of sp³-hybridized carbons (Fsp3) is 0.529. The van der Waals surface area contributed by atoms with E-state index in [1.807, 2.05) is 18.2 Å². The minimum absolute atomic E-state index is 0.367. The summed E-state index contributed by atoms with van der Waals surface area (Å²) in [5.41, 5.74) is 2.85. The lowest BCUT2D eigenvalue weighted by molar-refractivity contribution is 0.352. The number of rotatable bonds is 5. The molecule has 5 nitrogen and oxygen atoms in total. The first-order chi connectivity index (χ1) is 10.8. The molecule has 2 heterocycles. The van der Waals surface area contributed by atoms with Crippen LogP contribution in [-0.2, 0) is 0 Å². The third kappa shape index (κ3) is 3.30. The molecular formula is C17H25N3O2. The Balaban J connectivity index is 1.67. The quantitative estimate of drug-likeness (QED) is 0.672. The average Bonchev–Trinajstić information content (AvgIpc) is 2.57. The Labute approximate surface area is 131 Å². The maximum Gasteiger partial charge on any atom is 0.135 e. The standard InChI is InChI=1S/C17H25N3O2/c1-22-13-2-3-15-14(10-13)17(16(21)11-20-15)19-9-6-12-4-7-18-8-5-12/h2-3,10,12,18-21H,4-9,11H2,1H3. The third-order valence-corrected chi connectivity index (χ3v) is 4.54. The molecule has 0 bridgehead atoms. The monoisotopic (exact) mass is 303 g/mol.